The minimum Gasteiger partial charge on any atom is -0.383 e. The van der Waals surface area contributed by atoms with Crippen LogP contribution in [0.1, 0.15) is 20.8 Å². The third kappa shape index (κ3) is 3.20. The molecule has 1 aliphatic rings. The fourth-order valence-electron chi connectivity index (χ4n) is 2.16. The third-order valence-electron chi connectivity index (χ3n) is 3.16. The molecule has 1 N–H and O–H groups in total. The lowest BCUT2D eigenvalue weighted by atomic mass is 10.1. The first kappa shape index (κ1) is 14.0. The van der Waals surface area contributed by atoms with Crippen molar-refractivity contribution in [3.63, 3.8) is 0 Å². The van der Waals surface area contributed by atoms with Crippen LogP contribution in [0.5, 0.6) is 0 Å². The predicted octanol–water partition coefficient (Wildman–Crippen LogP) is 2.66. The largest absolute Gasteiger partial charge is 0.383 e. The molecule has 2 aromatic rings. The average Bonchev–Trinajstić information content (AvgIpc) is 3.09. The highest BCUT2D eigenvalue weighted by Gasteiger charge is 2.26. The van der Waals surface area contributed by atoms with Crippen molar-refractivity contribution in [3.05, 3.63) is 39.8 Å². The number of ether oxygens (including phenoxy) is 1. The van der Waals surface area contributed by atoms with Crippen molar-refractivity contribution in [2.24, 2.45) is 0 Å². The molecule has 20 heavy (non-hydrogen) atoms. The molecule has 3 rings (SSSR count). The molecule has 0 amide bonds. The minimum absolute atomic E-state index is 0.428. The number of thioether (sulfide) groups is 1. The second-order valence-corrected chi connectivity index (χ2v) is 6.96. The van der Waals surface area contributed by atoms with Crippen LogP contribution in [-0.4, -0.2) is 30.5 Å². The number of hydrogen-bond acceptors (Lipinski definition) is 6. The number of fused-ring (bicyclic) bond motifs is 1. The van der Waals surface area contributed by atoms with Gasteiger partial charge in [-0.15, -0.1) is 22.0 Å². The Morgan fingerprint density at radius 1 is 1.35 bits per heavy atom. The van der Waals surface area contributed by atoms with E-state index in [9.17, 15) is 0 Å². The average molecular weight is 307 g/mol. The molecule has 1 aliphatic heterocycles. The second kappa shape index (κ2) is 6.67. The van der Waals surface area contributed by atoms with Gasteiger partial charge in [0.15, 0.2) is 0 Å². The molecule has 0 aliphatic carbocycles. The first-order valence-corrected chi connectivity index (χ1v) is 8.33. The number of nitrogens with zero attached hydrogens (tertiary/aromatic N) is 2. The van der Waals surface area contributed by atoms with Crippen LogP contribution < -0.4 is 5.32 Å². The third-order valence-corrected chi connectivity index (χ3v) is 5.68. The van der Waals surface area contributed by atoms with Crippen LogP contribution in [0, 0.1) is 0 Å². The predicted molar refractivity (Wildman–Crippen MR) is 82.2 cm³/mol. The van der Waals surface area contributed by atoms with Gasteiger partial charge in [-0.05, 0) is 18.1 Å². The van der Waals surface area contributed by atoms with Gasteiger partial charge >= 0.3 is 0 Å². The van der Waals surface area contributed by atoms with E-state index in [-0.39, 0.29) is 0 Å². The van der Waals surface area contributed by atoms with Crippen molar-refractivity contribution in [1.82, 2.24) is 15.5 Å². The molecular formula is C14H17N3OS2. The number of benzene rings is 1. The standard InChI is InChI=1S/C14H17N3OS2/c1-18-7-6-15-9-13-16-17-14(20-13)12-8-10-4-2-3-5-11(10)19-12/h2-5,12,15H,6-9H2,1H3. The van der Waals surface area contributed by atoms with E-state index in [1.807, 2.05) is 11.8 Å². The molecule has 0 bridgehead atoms. The first-order valence-electron chi connectivity index (χ1n) is 6.63. The van der Waals surface area contributed by atoms with Crippen LogP contribution in [0.4, 0.5) is 0 Å². The molecule has 0 saturated carbocycles. The SMILES string of the molecule is COCCNCc1nnc(C2Cc3ccccc3S2)s1. The Kier molecular flexibility index (Phi) is 4.67. The lowest BCUT2D eigenvalue weighted by Gasteiger charge is -2.02. The van der Waals surface area contributed by atoms with Crippen molar-refractivity contribution < 1.29 is 4.74 Å². The number of rotatable bonds is 6. The molecule has 2 heterocycles. The summed E-state index contributed by atoms with van der Waals surface area (Å²) in [6.45, 7) is 2.33. The van der Waals surface area contributed by atoms with Crippen LogP contribution in [-0.2, 0) is 17.7 Å². The van der Waals surface area contributed by atoms with E-state index in [1.165, 1.54) is 10.5 Å². The van der Waals surface area contributed by atoms with Crippen molar-refractivity contribution in [1.29, 1.82) is 0 Å². The van der Waals surface area contributed by atoms with Crippen molar-refractivity contribution >= 4 is 23.1 Å². The number of nitrogens with one attached hydrogen (secondary N) is 1. The molecule has 6 heteroatoms. The molecule has 0 radical (unpaired) electrons. The Hall–Kier alpha value is -0.950. The normalized spacial score (nSPS) is 17.4. The van der Waals surface area contributed by atoms with E-state index in [0.29, 0.717) is 5.25 Å². The summed E-state index contributed by atoms with van der Waals surface area (Å²) in [6.07, 6.45) is 1.06. The summed E-state index contributed by atoms with van der Waals surface area (Å²) in [5.74, 6) is 0. The Balaban J connectivity index is 1.58. The number of aromatic nitrogens is 2. The highest BCUT2D eigenvalue weighted by atomic mass is 32.2. The monoisotopic (exact) mass is 307 g/mol. The Bertz CT molecular complexity index is 548. The Morgan fingerprint density at radius 3 is 3.10 bits per heavy atom. The van der Waals surface area contributed by atoms with Gasteiger partial charge in [-0.2, -0.15) is 0 Å². The molecule has 1 unspecified atom stereocenters. The van der Waals surface area contributed by atoms with Crippen LogP contribution >= 0.6 is 23.1 Å². The summed E-state index contributed by atoms with van der Waals surface area (Å²) in [4.78, 5) is 1.38. The van der Waals surface area contributed by atoms with E-state index in [0.717, 1.165) is 36.1 Å². The zero-order valence-corrected chi connectivity index (χ0v) is 13.0. The molecular weight excluding hydrogens is 290 g/mol. The minimum atomic E-state index is 0.428. The zero-order valence-electron chi connectivity index (χ0n) is 11.3. The second-order valence-electron chi connectivity index (χ2n) is 4.62. The number of hydrogen-bond donors (Lipinski definition) is 1. The molecule has 0 spiro atoms. The highest BCUT2D eigenvalue weighted by molar-refractivity contribution is 8.00. The summed E-state index contributed by atoms with van der Waals surface area (Å²) >= 11 is 3.61. The van der Waals surface area contributed by atoms with E-state index in [2.05, 4.69) is 39.8 Å². The molecule has 0 saturated heterocycles. The van der Waals surface area contributed by atoms with Crippen molar-refractivity contribution in [2.45, 2.75) is 23.1 Å². The summed E-state index contributed by atoms with van der Waals surface area (Å²) in [6, 6.07) is 8.59. The van der Waals surface area contributed by atoms with Crippen LogP contribution in [0.25, 0.3) is 0 Å². The van der Waals surface area contributed by atoms with Gasteiger partial charge in [-0.3, -0.25) is 0 Å². The van der Waals surface area contributed by atoms with E-state index in [4.69, 9.17) is 4.74 Å². The summed E-state index contributed by atoms with van der Waals surface area (Å²) in [7, 11) is 1.71. The molecule has 0 fully saturated rings. The van der Waals surface area contributed by atoms with Gasteiger partial charge in [0, 0.05) is 25.1 Å². The number of methoxy groups -OCH3 is 1. The Labute approximate surface area is 127 Å². The fourth-order valence-corrected chi connectivity index (χ4v) is 4.42. The van der Waals surface area contributed by atoms with Crippen molar-refractivity contribution in [3.8, 4) is 0 Å². The smallest absolute Gasteiger partial charge is 0.131 e. The van der Waals surface area contributed by atoms with Crippen molar-refractivity contribution in [2.75, 3.05) is 20.3 Å². The topological polar surface area (TPSA) is 47.0 Å². The Morgan fingerprint density at radius 2 is 2.25 bits per heavy atom. The maximum absolute atomic E-state index is 5.00. The molecule has 1 aromatic carbocycles. The highest BCUT2D eigenvalue weighted by Crippen LogP contribution is 2.46. The first-order chi connectivity index (χ1) is 9.86. The van der Waals surface area contributed by atoms with Gasteiger partial charge in [0.1, 0.15) is 10.0 Å². The summed E-state index contributed by atoms with van der Waals surface area (Å²) in [5, 5.41) is 14.5. The van der Waals surface area contributed by atoms with E-state index < -0.39 is 0 Å². The van der Waals surface area contributed by atoms with Crippen LogP contribution in [0.2, 0.25) is 0 Å². The van der Waals surface area contributed by atoms with Gasteiger partial charge in [-0.1, -0.05) is 29.5 Å². The van der Waals surface area contributed by atoms with Crippen LogP contribution in [0.15, 0.2) is 29.2 Å². The molecule has 4 nitrogen and oxygen atoms in total. The molecule has 106 valence electrons. The lowest BCUT2D eigenvalue weighted by molar-refractivity contribution is 0.199. The summed E-state index contributed by atoms with van der Waals surface area (Å²) < 4.78 is 5.00. The molecule has 1 aromatic heterocycles. The van der Waals surface area contributed by atoms with Gasteiger partial charge in [-0.25, -0.2) is 0 Å². The summed E-state index contributed by atoms with van der Waals surface area (Å²) in [5.41, 5.74) is 1.43. The quantitative estimate of drug-likeness (QED) is 0.831. The van der Waals surface area contributed by atoms with E-state index >= 15 is 0 Å². The van der Waals surface area contributed by atoms with Crippen LogP contribution in [0.3, 0.4) is 0 Å². The maximum atomic E-state index is 5.00. The van der Waals surface area contributed by atoms with Gasteiger partial charge in [0.05, 0.1) is 11.9 Å². The van der Waals surface area contributed by atoms with Gasteiger partial charge < -0.3 is 10.1 Å². The molecule has 1 atom stereocenters. The lowest BCUT2D eigenvalue weighted by Crippen LogP contribution is -2.18. The zero-order chi connectivity index (χ0) is 13.8. The maximum Gasteiger partial charge on any atom is 0.131 e. The van der Waals surface area contributed by atoms with Gasteiger partial charge in [0.25, 0.3) is 0 Å². The fraction of sp³-hybridized carbons (Fsp3) is 0.429. The van der Waals surface area contributed by atoms with E-state index in [1.54, 1.807) is 18.4 Å². The van der Waals surface area contributed by atoms with Gasteiger partial charge in [0.2, 0.25) is 0 Å².